The number of aliphatic carboxylic acids is 1. The largest absolute Gasteiger partial charge is 0.504 e. The molecule has 1 atom stereocenters. The van der Waals surface area contributed by atoms with Crippen molar-refractivity contribution in [1.29, 1.82) is 0 Å². The topological polar surface area (TPSA) is 50.9 Å². The number of carbonyl (C=O) groups is 1. The second kappa shape index (κ2) is 9.01. The Morgan fingerprint density at radius 3 is 2.35 bits per heavy atom. The lowest BCUT2D eigenvalue weighted by atomic mass is 9.87. The molecule has 164 valence electrons. The molecule has 0 aliphatic heterocycles. The molecule has 1 saturated carbocycles. The van der Waals surface area contributed by atoms with Gasteiger partial charge in [0.05, 0.1) is 24.7 Å². The first-order valence-corrected chi connectivity index (χ1v) is 10.2. The SMILES string of the molecule is [C-]#[N+]c1cc(C(CC(C)C)C(=O)O)cc(-c2ccc(C(F)(F)F)cc2)c1OCC1CC1. The molecular formula is C24H24F3NO3. The van der Waals surface area contributed by atoms with Gasteiger partial charge in [-0.2, -0.15) is 13.2 Å². The van der Waals surface area contributed by atoms with E-state index in [9.17, 15) is 23.1 Å². The van der Waals surface area contributed by atoms with E-state index in [1.807, 2.05) is 13.8 Å². The highest BCUT2D eigenvalue weighted by molar-refractivity contribution is 5.83. The van der Waals surface area contributed by atoms with Crippen LogP contribution in [-0.4, -0.2) is 17.7 Å². The van der Waals surface area contributed by atoms with Gasteiger partial charge < -0.3 is 9.84 Å². The van der Waals surface area contributed by atoms with Crippen LogP contribution in [0.1, 0.15) is 50.2 Å². The van der Waals surface area contributed by atoms with Crippen molar-refractivity contribution in [2.75, 3.05) is 6.61 Å². The summed E-state index contributed by atoms with van der Waals surface area (Å²) in [6.07, 6.45) is -2.01. The Balaban J connectivity index is 2.12. The average Bonchev–Trinajstić information content (AvgIpc) is 3.53. The third-order valence-electron chi connectivity index (χ3n) is 5.30. The normalized spacial score (nSPS) is 14.9. The summed E-state index contributed by atoms with van der Waals surface area (Å²) in [6, 6.07) is 7.79. The molecule has 0 aromatic heterocycles. The van der Waals surface area contributed by atoms with Crippen molar-refractivity contribution in [2.45, 2.75) is 45.2 Å². The minimum Gasteiger partial charge on any atom is -0.504 e. The lowest BCUT2D eigenvalue weighted by Gasteiger charge is -2.20. The van der Waals surface area contributed by atoms with Crippen LogP contribution in [0.25, 0.3) is 16.0 Å². The highest BCUT2D eigenvalue weighted by Crippen LogP contribution is 2.44. The Labute approximate surface area is 179 Å². The van der Waals surface area contributed by atoms with Gasteiger partial charge in [-0.1, -0.05) is 26.0 Å². The van der Waals surface area contributed by atoms with Crippen molar-refractivity contribution in [3.8, 4) is 16.9 Å². The maximum Gasteiger partial charge on any atom is 0.416 e. The number of hydrogen-bond acceptors (Lipinski definition) is 2. The summed E-state index contributed by atoms with van der Waals surface area (Å²) in [5.74, 6) is -1.02. The van der Waals surface area contributed by atoms with Gasteiger partial charge in [-0.05, 0) is 66.5 Å². The number of alkyl halides is 3. The van der Waals surface area contributed by atoms with E-state index in [-0.39, 0.29) is 11.6 Å². The summed E-state index contributed by atoms with van der Waals surface area (Å²) in [6.45, 7) is 11.8. The number of hydrogen-bond donors (Lipinski definition) is 1. The monoisotopic (exact) mass is 431 g/mol. The van der Waals surface area contributed by atoms with E-state index in [1.54, 1.807) is 6.07 Å². The van der Waals surface area contributed by atoms with Gasteiger partial charge in [0.1, 0.15) is 5.75 Å². The minimum absolute atomic E-state index is 0.109. The van der Waals surface area contributed by atoms with Crippen LogP contribution in [0.2, 0.25) is 0 Å². The first kappa shape index (κ1) is 22.7. The lowest BCUT2D eigenvalue weighted by molar-refractivity contribution is -0.139. The Bertz CT molecular complexity index is 987. The fourth-order valence-electron chi connectivity index (χ4n) is 3.46. The van der Waals surface area contributed by atoms with E-state index >= 15 is 0 Å². The molecule has 1 N–H and O–H groups in total. The van der Waals surface area contributed by atoms with E-state index in [0.717, 1.165) is 25.0 Å². The van der Waals surface area contributed by atoms with Crippen molar-refractivity contribution in [3.63, 3.8) is 0 Å². The standard InChI is InChI=1S/C24H24F3NO3/c1-14(2)10-20(23(29)30)17-11-19(16-6-8-18(9-7-16)24(25,26)27)22(21(12-17)28-3)31-13-15-4-5-15/h6-9,11-12,14-15,20H,4-5,10,13H2,1-2H3,(H,29,30). The number of ether oxygens (including phenoxy) is 1. The summed E-state index contributed by atoms with van der Waals surface area (Å²) >= 11 is 0. The van der Waals surface area contributed by atoms with Crippen LogP contribution in [0.3, 0.4) is 0 Å². The molecule has 0 bridgehead atoms. The third-order valence-corrected chi connectivity index (χ3v) is 5.30. The Hall–Kier alpha value is -3.01. The van der Waals surface area contributed by atoms with Gasteiger partial charge in [-0.15, -0.1) is 0 Å². The van der Waals surface area contributed by atoms with Crippen LogP contribution in [-0.2, 0) is 11.0 Å². The molecule has 0 heterocycles. The van der Waals surface area contributed by atoms with Crippen molar-refractivity contribution in [2.24, 2.45) is 11.8 Å². The molecule has 0 spiro atoms. The summed E-state index contributed by atoms with van der Waals surface area (Å²) in [5.41, 5.74) is 0.720. The fourth-order valence-corrected chi connectivity index (χ4v) is 3.46. The zero-order valence-electron chi connectivity index (χ0n) is 17.4. The van der Waals surface area contributed by atoms with Gasteiger partial charge in [-0.25, -0.2) is 4.85 Å². The molecule has 2 aromatic carbocycles. The maximum absolute atomic E-state index is 13.0. The average molecular weight is 431 g/mol. The fraction of sp³-hybridized carbons (Fsp3) is 0.417. The molecule has 2 aromatic rings. The molecule has 31 heavy (non-hydrogen) atoms. The van der Waals surface area contributed by atoms with E-state index < -0.39 is 23.6 Å². The van der Waals surface area contributed by atoms with Crippen LogP contribution >= 0.6 is 0 Å². The molecule has 7 heteroatoms. The van der Waals surface area contributed by atoms with Gasteiger partial charge in [-0.3, -0.25) is 4.79 Å². The molecule has 1 aliphatic rings. The first-order valence-electron chi connectivity index (χ1n) is 10.2. The van der Waals surface area contributed by atoms with Crippen LogP contribution in [0.15, 0.2) is 36.4 Å². The smallest absolute Gasteiger partial charge is 0.416 e. The van der Waals surface area contributed by atoms with Crippen molar-refractivity contribution < 1.29 is 27.8 Å². The Morgan fingerprint density at radius 2 is 1.87 bits per heavy atom. The van der Waals surface area contributed by atoms with Crippen molar-refractivity contribution >= 4 is 11.7 Å². The number of halogens is 3. The van der Waals surface area contributed by atoms with Crippen LogP contribution in [0.4, 0.5) is 18.9 Å². The summed E-state index contributed by atoms with van der Waals surface area (Å²) in [5, 5.41) is 9.75. The van der Waals surface area contributed by atoms with Gasteiger partial charge in [0, 0.05) is 5.56 Å². The van der Waals surface area contributed by atoms with E-state index in [4.69, 9.17) is 11.3 Å². The quantitative estimate of drug-likeness (QED) is 0.461. The number of nitrogens with zero attached hydrogens (tertiary/aromatic N) is 1. The third kappa shape index (κ3) is 5.57. The van der Waals surface area contributed by atoms with Gasteiger partial charge >= 0.3 is 12.1 Å². The van der Waals surface area contributed by atoms with Gasteiger partial charge in [0.2, 0.25) is 5.69 Å². The maximum atomic E-state index is 13.0. The highest BCUT2D eigenvalue weighted by Gasteiger charge is 2.31. The highest BCUT2D eigenvalue weighted by atomic mass is 19.4. The van der Waals surface area contributed by atoms with Gasteiger partial charge in [0.25, 0.3) is 0 Å². The molecule has 1 aliphatic carbocycles. The van der Waals surface area contributed by atoms with Crippen molar-refractivity contribution in [1.82, 2.24) is 0 Å². The molecule has 0 radical (unpaired) electrons. The molecule has 3 rings (SSSR count). The molecule has 1 unspecified atom stereocenters. The Morgan fingerprint density at radius 1 is 1.23 bits per heavy atom. The number of carboxylic acids is 1. The molecule has 4 nitrogen and oxygen atoms in total. The second-order valence-corrected chi connectivity index (χ2v) is 8.38. The molecular weight excluding hydrogens is 407 g/mol. The van der Waals surface area contributed by atoms with Gasteiger partial charge in [0.15, 0.2) is 0 Å². The Kier molecular flexibility index (Phi) is 6.59. The number of benzene rings is 2. The predicted molar refractivity (Wildman–Crippen MR) is 111 cm³/mol. The number of rotatable bonds is 8. The van der Waals surface area contributed by atoms with E-state index in [0.29, 0.717) is 41.4 Å². The lowest BCUT2D eigenvalue weighted by Crippen LogP contribution is -2.14. The van der Waals surface area contributed by atoms with Crippen molar-refractivity contribution in [3.05, 3.63) is 58.9 Å². The summed E-state index contributed by atoms with van der Waals surface area (Å²) in [4.78, 5) is 15.5. The zero-order chi connectivity index (χ0) is 22.8. The number of carboxylic acid groups (broad SMARTS) is 1. The summed E-state index contributed by atoms with van der Waals surface area (Å²) < 4.78 is 44.9. The summed E-state index contributed by atoms with van der Waals surface area (Å²) in [7, 11) is 0. The van der Waals surface area contributed by atoms with Crippen LogP contribution < -0.4 is 4.74 Å². The second-order valence-electron chi connectivity index (χ2n) is 8.38. The van der Waals surface area contributed by atoms with E-state index in [1.165, 1.54) is 18.2 Å². The molecule has 1 fully saturated rings. The first-order chi connectivity index (χ1) is 14.6. The molecule has 0 amide bonds. The molecule has 0 saturated heterocycles. The predicted octanol–water partition coefficient (Wildman–Crippen LogP) is 6.93. The van der Waals surface area contributed by atoms with E-state index in [2.05, 4.69) is 4.85 Å². The zero-order valence-corrected chi connectivity index (χ0v) is 17.4. The van der Waals surface area contributed by atoms with Crippen LogP contribution in [0.5, 0.6) is 5.75 Å². The minimum atomic E-state index is -4.46. The van der Waals surface area contributed by atoms with Crippen LogP contribution in [0, 0.1) is 18.4 Å².